The lowest BCUT2D eigenvalue weighted by Crippen LogP contribution is -2.50. The van der Waals surface area contributed by atoms with Gasteiger partial charge in [-0.2, -0.15) is 0 Å². The molecule has 0 radical (unpaired) electrons. The van der Waals surface area contributed by atoms with Gasteiger partial charge in [-0.25, -0.2) is 25.9 Å². The summed E-state index contributed by atoms with van der Waals surface area (Å²) in [5, 5.41) is 0. The Bertz CT molecular complexity index is 1010. The van der Waals surface area contributed by atoms with Crippen LogP contribution in [0.25, 0.3) is 0 Å². The van der Waals surface area contributed by atoms with Gasteiger partial charge in [-0.3, -0.25) is 0 Å². The molecule has 2 saturated heterocycles. The molecule has 0 N–H and O–H groups in total. The summed E-state index contributed by atoms with van der Waals surface area (Å²) in [6.45, 7) is 2.41. The van der Waals surface area contributed by atoms with E-state index in [0.29, 0.717) is 25.9 Å². The van der Waals surface area contributed by atoms with Gasteiger partial charge in [-0.1, -0.05) is 12.1 Å². The summed E-state index contributed by atoms with van der Waals surface area (Å²) in [6.07, 6.45) is 2.96. The molecule has 2 aliphatic heterocycles. The normalized spacial score (nSPS) is 19.8. The zero-order valence-corrected chi connectivity index (χ0v) is 18.5. The highest BCUT2D eigenvalue weighted by atomic mass is 32.2. The average molecular weight is 469 g/mol. The number of hydrogen-bond acceptors (Lipinski definition) is 4. The van der Waals surface area contributed by atoms with Crippen LogP contribution in [0.15, 0.2) is 42.5 Å². The van der Waals surface area contributed by atoms with Gasteiger partial charge in [0.05, 0.1) is 5.75 Å². The molecule has 9 heteroatoms. The van der Waals surface area contributed by atoms with Gasteiger partial charge in [-0.15, -0.1) is 0 Å². The molecule has 2 aromatic rings. The quantitative estimate of drug-likeness (QED) is 0.645. The molecule has 0 saturated carbocycles. The zero-order valence-electron chi connectivity index (χ0n) is 17.7. The minimum Gasteiger partial charge on any atom is -0.487 e. The summed E-state index contributed by atoms with van der Waals surface area (Å²) >= 11 is 0. The molecule has 0 spiro atoms. The second-order valence-electron chi connectivity index (χ2n) is 8.45. The first-order valence-corrected chi connectivity index (χ1v) is 12.5. The summed E-state index contributed by atoms with van der Waals surface area (Å²) in [5.74, 6) is -2.05. The Morgan fingerprint density at radius 1 is 0.875 bits per heavy atom. The Labute approximate surface area is 186 Å². The molecular formula is C23H27F3N2O3S. The van der Waals surface area contributed by atoms with Crippen molar-refractivity contribution in [2.45, 2.75) is 43.6 Å². The lowest BCUT2D eigenvalue weighted by Gasteiger charge is -2.41. The lowest BCUT2D eigenvalue weighted by molar-refractivity contribution is 0.0567. The first-order valence-electron chi connectivity index (χ1n) is 10.9. The Morgan fingerprint density at radius 2 is 1.50 bits per heavy atom. The number of sulfonamides is 1. The Morgan fingerprint density at radius 3 is 2.12 bits per heavy atom. The summed E-state index contributed by atoms with van der Waals surface area (Å²) in [4.78, 5) is 2.35. The van der Waals surface area contributed by atoms with Gasteiger partial charge >= 0.3 is 0 Å². The topological polar surface area (TPSA) is 49.9 Å². The van der Waals surface area contributed by atoms with Crippen molar-refractivity contribution in [3.63, 3.8) is 0 Å². The van der Waals surface area contributed by atoms with Gasteiger partial charge in [0.1, 0.15) is 17.7 Å². The molecule has 0 atom stereocenters. The van der Waals surface area contributed by atoms with Crippen LogP contribution in [0.4, 0.5) is 13.2 Å². The van der Waals surface area contributed by atoms with E-state index >= 15 is 0 Å². The molecule has 2 aliphatic rings. The SMILES string of the molecule is O=S(=O)(Cc1cc(F)cc(F)c1)N1CCC(N2CCC(Oc3ccccc3F)CC2)CC1. The van der Waals surface area contributed by atoms with E-state index in [9.17, 15) is 21.6 Å². The second-order valence-corrected chi connectivity index (χ2v) is 10.4. The maximum atomic E-state index is 13.8. The minimum absolute atomic E-state index is 0.0321. The van der Waals surface area contributed by atoms with Crippen LogP contribution in [-0.2, 0) is 15.8 Å². The largest absolute Gasteiger partial charge is 0.487 e. The molecule has 2 aromatic carbocycles. The van der Waals surface area contributed by atoms with Crippen LogP contribution in [0.1, 0.15) is 31.2 Å². The summed E-state index contributed by atoms with van der Waals surface area (Å²) in [6, 6.07) is 9.53. The number of halogens is 3. The van der Waals surface area contributed by atoms with Crippen molar-refractivity contribution in [3.8, 4) is 5.75 Å². The van der Waals surface area contributed by atoms with E-state index in [2.05, 4.69) is 4.90 Å². The van der Waals surface area contributed by atoms with Crippen LogP contribution in [-0.4, -0.2) is 55.9 Å². The van der Waals surface area contributed by atoms with Crippen molar-refractivity contribution in [2.24, 2.45) is 0 Å². The molecule has 2 fully saturated rings. The molecule has 4 rings (SSSR count). The van der Waals surface area contributed by atoms with Crippen LogP contribution < -0.4 is 4.74 Å². The molecule has 174 valence electrons. The minimum atomic E-state index is -3.65. The van der Waals surface area contributed by atoms with E-state index in [-0.39, 0.29) is 29.3 Å². The van der Waals surface area contributed by atoms with Gasteiger partial charge in [0.25, 0.3) is 0 Å². The number of piperidine rings is 2. The van der Waals surface area contributed by atoms with Crippen molar-refractivity contribution in [3.05, 3.63) is 65.5 Å². The van der Waals surface area contributed by atoms with Crippen molar-refractivity contribution in [1.29, 1.82) is 0 Å². The molecule has 0 aromatic heterocycles. The highest BCUT2D eigenvalue weighted by molar-refractivity contribution is 7.88. The van der Waals surface area contributed by atoms with Crippen molar-refractivity contribution < 1.29 is 26.3 Å². The van der Waals surface area contributed by atoms with E-state index < -0.39 is 27.4 Å². The van der Waals surface area contributed by atoms with Gasteiger partial charge in [0.15, 0.2) is 11.6 Å². The van der Waals surface area contributed by atoms with E-state index in [1.165, 1.54) is 10.4 Å². The predicted molar refractivity (Wildman–Crippen MR) is 115 cm³/mol. The van der Waals surface area contributed by atoms with Crippen LogP contribution in [0.3, 0.4) is 0 Å². The molecule has 0 unspecified atom stereocenters. The second kappa shape index (κ2) is 9.80. The van der Waals surface area contributed by atoms with Crippen molar-refractivity contribution in [1.82, 2.24) is 9.21 Å². The van der Waals surface area contributed by atoms with E-state index in [4.69, 9.17) is 4.74 Å². The van der Waals surface area contributed by atoms with Crippen LogP contribution in [0.5, 0.6) is 5.75 Å². The highest BCUT2D eigenvalue weighted by Gasteiger charge is 2.33. The third-order valence-electron chi connectivity index (χ3n) is 6.21. The number of benzene rings is 2. The third-order valence-corrected chi connectivity index (χ3v) is 8.06. The predicted octanol–water partition coefficient (Wildman–Crippen LogP) is 3.94. The van der Waals surface area contributed by atoms with Crippen LogP contribution in [0.2, 0.25) is 0 Å². The first-order chi connectivity index (χ1) is 15.3. The van der Waals surface area contributed by atoms with Crippen molar-refractivity contribution in [2.75, 3.05) is 26.2 Å². The van der Waals surface area contributed by atoms with Gasteiger partial charge in [0, 0.05) is 38.3 Å². The van der Waals surface area contributed by atoms with Crippen LogP contribution >= 0.6 is 0 Å². The zero-order chi connectivity index (χ0) is 22.7. The fraction of sp³-hybridized carbons (Fsp3) is 0.478. The molecular weight excluding hydrogens is 441 g/mol. The summed E-state index contributed by atoms with van der Waals surface area (Å²) < 4.78 is 73.3. The fourth-order valence-electron chi connectivity index (χ4n) is 4.56. The Hall–Kier alpha value is -2.10. The standard InChI is InChI=1S/C23H27F3N2O3S/c24-18-13-17(14-19(25)15-18)16-32(29,30)28-11-5-20(6-12-28)27-9-7-21(8-10-27)31-23-4-2-1-3-22(23)26/h1-4,13-15,20-21H,5-12,16H2. The first kappa shape index (κ1) is 23.1. The smallest absolute Gasteiger partial charge is 0.218 e. The number of para-hydroxylation sites is 1. The number of rotatable bonds is 6. The van der Waals surface area contributed by atoms with Gasteiger partial charge in [0.2, 0.25) is 10.0 Å². The summed E-state index contributed by atoms with van der Waals surface area (Å²) in [7, 11) is -3.65. The summed E-state index contributed by atoms with van der Waals surface area (Å²) in [5.41, 5.74) is 0.113. The van der Waals surface area contributed by atoms with Crippen molar-refractivity contribution >= 4 is 10.0 Å². The van der Waals surface area contributed by atoms with E-state index in [0.717, 1.165) is 44.1 Å². The van der Waals surface area contributed by atoms with Gasteiger partial charge < -0.3 is 9.64 Å². The van der Waals surface area contributed by atoms with E-state index in [1.807, 2.05) is 0 Å². The molecule has 0 bridgehead atoms. The Kier molecular flexibility index (Phi) is 7.07. The molecule has 2 heterocycles. The van der Waals surface area contributed by atoms with E-state index in [1.54, 1.807) is 18.2 Å². The average Bonchev–Trinajstić information content (AvgIpc) is 2.75. The molecule has 5 nitrogen and oxygen atoms in total. The monoisotopic (exact) mass is 468 g/mol. The maximum Gasteiger partial charge on any atom is 0.218 e. The lowest BCUT2D eigenvalue weighted by atomic mass is 10.00. The molecule has 0 aliphatic carbocycles. The third kappa shape index (κ3) is 5.63. The molecule has 32 heavy (non-hydrogen) atoms. The maximum absolute atomic E-state index is 13.8. The number of likely N-dealkylation sites (tertiary alicyclic amines) is 1. The fourth-order valence-corrected chi connectivity index (χ4v) is 6.10. The highest BCUT2D eigenvalue weighted by Crippen LogP contribution is 2.26. The Balaban J connectivity index is 1.26. The molecule has 0 amide bonds. The van der Waals surface area contributed by atoms with Gasteiger partial charge in [-0.05, 0) is 55.5 Å². The number of nitrogens with zero attached hydrogens (tertiary/aromatic N) is 2. The number of hydrogen-bond donors (Lipinski definition) is 0. The van der Waals surface area contributed by atoms with Crippen LogP contribution in [0, 0.1) is 17.5 Å². The number of ether oxygens (including phenoxy) is 1.